The summed E-state index contributed by atoms with van der Waals surface area (Å²) in [5, 5.41) is 3.26. The van der Waals surface area contributed by atoms with E-state index in [0.29, 0.717) is 24.3 Å². The number of aryl methyl sites for hydroxylation is 1. The van der Waals surface area contributed by atoms with Crippen molar-refractivity contribution in [3.63, 3.8) is 0 Å². The van der Waals surface area contributed by atoms with Crippen molar-refractivity contribution in [2.45, 2.75) is 76.9 Å². The zero-order chi connectivity index (χ0) is 31.5. The molecule has 8 nitrogen and oxygen atoms in total. The molecule has 236 valence electrons. The average Bonchev–Trinajstić information content (AvgIpc) is 3.02. The largest absolute Gasteiger partial charge is 0.497 e. The molecule has 44 heavy (non-hydrogen) atoms. The first kappa shape index (κ1) is 33.1. The van der Waals surface area contributed by atoms with Crippen molar-refractivity contribution in [2.75, 3.05) is 24.2 Å². The second kappa shape index (κ2) is 15.7. The van der Waals surface area contributed by atoms with Gasteiger partial charge in [0.05, 0.1) is 19.1 Å². The Morgan fingerprint density at radius 1 is 0.909 bits per heavy atom. The van der Waals surface area contributed by atoms with E-state index in [2.05, 4.69) is 5.32 Å². The molecule has 1 saturated carbocycles. The van der Waals surface area contributed by atoms with E-state index < -0.39 is 16.1 Å². The van der Waals surface area contributed by atoms with E-state index in [4.69, 9.17) is 4.74 Å². The summed E-state index contributed by atoms with van der Waals surface area (Å²) < 4.78 is 31.9. The van der Waals surface area contributed by atoms with Crippen LogP contribution in [-0.2, 0) is 32.6 Å². The van der Waals surface area contributed by atoms with Crippen LogP contribution in [-0.4, -0.2) is 57.1 Å². The van der Waals surface area contributed by atoms with Crippen molar-refractivity contribution in [3.05, 3.63) is 95.6 Å². The molecule has 0 bridgehead atoms. The van der Waals surface area contributed by atoms with Crippen molar-refractivity contribution < 1.29 is 22.7 Å². The highest BCUT2D eigenvalue weighted by Crippen LogP contribution is 2.24. The lowest BCUT2D eigenvalue weighted by atomic mass is 9.94. The number of methoxy groups -OCH3 is 1. The summed E-state index contributed by atoms with van der Waals surface area (Å²) in [5.74, 6) is 0.297. The van der Waals surface area contributed by atoms with Crippen LogP contribution < -0.4 is 14.4 Å². The van der Waals surface area contributed by atoms with E-state index in [-0.39, 0.29) is 37.4 Å². The lowest BCUT2D eigenvalue weighted by molar-refractivity contribution is -0.141. The van der Waals surface area contributed by atoms with Crippen molar-refractivity contribution in [2.24, 2.45) is 0 Å². The van der Waals surface area contributed by atoms with Gasteiger partial charge in [-0.25, -0.2) is 8.42 Å². The minimum atomic E-state index is -3.59. The average molecular weight is 620 g/mol. The Labute approximate surface area is 262 Å². The maximum atomic E-state index is 14.1. The number of amides is 2. The lowest BCUT2D eigenvalue weighted by Gasteiger charge is -2.34. The molecule has 0 aliphatic heterocycles. The van der Waals surface area contributed by atoms with Gasteiger partial charge >= 0.3 is 0 Å². The van der Waals surface area contributed by atoms with E-state index in [1.165, 1.54) is 10.7 Å². The summed E-state index contributed by atoms with van der Waals surface area (Å²) in [7, 11) is -2.04. The van der Waals surface area contributed by atoms with Gasteiger partial charge < -0.3 is 15.0 Å². The molecular formula is C35H45N3O5S. The van der Waals surface area contributed by atoms with E-state index in [0.717, 1.165) is 48.6 Å². The highest BCUT2D eigenvalue weighted by Gasteiger charge is 2.32. The number of hydrogen-bond donors (Lipinski definition) is 1. The molecule has 1 fully saturated rings. The zero-order valence-electron chi connectivity index (χ0n) is 26.1. The van der Waals surface area contributed by atoms with Gasteiger partial charge in [0, 0.05) is 32.0 Å². The Morgan fingerprint density at radius 2 is 1.57 bits per heavy atom. The fraction of sp³-hybridized carbons (Fsp3) is 0.429. The Morgan fingerprint density at radius 3 is 2.18 bits per heavy atom. The van der Waals surface area contributed by atoms with Gasteiger partial charge in [0.2, 0.25) is 21.8 Å². The highest BCUT2D eigenvalue weighted by atomic mass is 32.2. The molecule has 0 saturated heterocycles. The minimum absolute atomic E-state index is 0.0933. The van der Waals surface area contributed by atoms with Gasteiger partial charge in [-0.15, -0.1) is 0 Å². The van der Waals surface area contributed by atoms with E-state index in [1.807, 2.05) is 61.5 Å². The number of anilines is 1. The van der Waals surface area contributed by atoms with E-state index >= 15 is 0 Å². The van der Waals surface area contributed by atoms with Gasteiger partial charge in [-0.3, -0.25) is 13.9 Å². The monoisotopic (exact) mass is 619 g/mol. The van der Waals surface area contributed by atoms with Gasteiger partial charge in [-0.2, -0.15) is 0 Å². The molecule has 1 atom stereocenters. The third-order valence-electron chi connectivity index (χ3n) is 8.21. The number of hydrogen-bond acceptors (Lipinski definition) is 5. The number of carbonyl (C=O) groups is 2. The normalized spacial score (nSPS) is 14.4. The van der Waals surface area contributed by atoms with Gasteiger partial charge in [-0.05, 0) is 61.6 Å². The number of carbonyl (C=O) groups excluding carboxylic acids is 2. The number of ether oxygens (including phenoxy) is 1. The minimum Gasteiger partial charge on any atom is -0.497 e. The van der Waals surface area contributed by atoms with Crippen LogP contribution in [0.1, 0.15) is 61.6 Å². The molecular weight excluding hydrogens is 574 g/mol. The number of sulfonamides is 1. The molecule has 0 spiro atoms. The van der Waals surface area contributed by atoms with Gasteiger partial charge in [0.15, 0.2) is 0 Å². The van der Waals surface area contributed by atoms with Crippen molar-refractivity contribution in [1.82, 2.24) is 10.2 Å². The van der Waals surface area contributed by atoms with Crippen LogP contribution in [0.3, 0.4) is 0 Å². The molecule has 0 unspecified atom stereocenters. The molecule has 9 heteroatoms. The fourth-order valence-corrected chi connectivity index (χ4v) is 6.71. The molecule has 1 N–H and O–H groups in total. The first-order valence-corrected chi connectivity index (χ1v) is 17.3. The summed E-state index contributed by atoms with van der Waals surface area (Å²) >= 11 is 0. The molecule has 2 amide bonds. The van der Waals surface area contributed by atoms with Crippen LogP contribution >= 0.6 is 0 Å². The quantitative estimate of drug-likeness (QED) is 0.252. The van der Waals surface area contributed by atoms with Gasteiger partial charge in [0.1, 0.15) is 11.8 Å². The molecule has 3 aromatic carbocycles. The first-order valence-electron chi connectivity index (χ1n) is 15.4. The first-order chi connectivity index (χ1) is 21.1. The fourth-order valence-electron chi connectivity index (χ4n) is 5.74. The number of benzene rings is 3. The van der Waals surface area contributed by atoms with Crippen LogP contribution in [0.25, 0.3) is 0 Å². The lowest BCUT2D eigenvalue weighted by Crippen LogP contribution is -2.52. The Kier molecular flexibility index (Phi) is 11.8. The summed E-state index contributed by atoms with van der Waals surface area (Å²) in [6.45, 7) is 2.43. The van der Waals surface area contributed by atoms with Crippen LogP contribution in [0.4, 0.5) is 5.69 Å². The SMILES string of the molecule is COc1ccc(N(CCCC(=O)N(Cc2ccc(C)cc2)[C@@H](Cc2ccccc2)C(=O)NC2CCCCC2)S(C)(=O)=O)cc1. The maximum absolute atomic E-state index is 14.1. The third kappa shape index (κ3) is 9.58. The molecule has 4 rings (SSSR count). The van der Waals surface area contributed by atoms with Gasteiger partial charge in [0.25, 0.3) is 0 Å². The van der Waals surface area contributed by atoms with Gasteiger partial charge in [-0.1, -0.05) is 79.4 Å². The Hall–Kier alpha value is -3.85. The van der Waals surface area contributed by atoms with Crippen molar-refractivity contribution >= 4 is 27.5 Å². The van der Waals surface area contributed by atoms with Crippen molar-refractivity contribution in [1.29, 1.82) is 0 Å². The van der Waals surface area contributed by atoms with Crippen LogP contribution in [0.2, 0.25) is 0 Å². The molecule has 0 radical (unpaired) electrons. The smallest absolute Gasteiger partial charge is 0.243 e. The maximum Gasteiger partial charge on any atom is 0.243 e. The van der Waals surface area contributed by atoms with E-state index in [9.17, 15) is 18.0 Å². The van der Waals surface area contributed by atoms with Crippen LogP contribution in [0.15, 0.2) is 78.9 Å². The topological polar surface area (TPSA) is 96.0 Å². The van der Waals surface area contributed by atoms with Crippen LogP contribution in [0.5, 0.6) is 5.75 Å². The summed E-state index contributed by atoms with van der Waals surface area (Å²) in [4.78, 5) is 29.7. The second-order valence-electron chi connectivity index (χ2n) is 11.7. The van der Waals surface area contributed by atoms with Crippen molar-refractivity contribution in [3.8, 4) is 5.75 Å². The second-order valence-corrected chi connectivity index (χ2v) is 13.6. The molecule has 1 aliphatic carbocycles. The van der Waals surface area contributed by atoms with Crippen LogP contribution in [0, 0.1) is 6.92 Å². The standard InChI is InChI=1S/C35H45N3O5S/c1-27-16-18-29(19-17-27)26-37(33(25-28-11-6-4-7-12-28)35(40)36-30-13-8-5-9-14-30)34(39)15-10-24-38(44(3,41)42)31-20-22-32(43-2)23-21-31/h4,6-7,11-12,16-23,30,33H,5,8-10,13-15,24-26H2,1-3H3,(H,36,40)/t33-/m0/s1. The molecule has 0 aromatic heterocycles. The predicted molar refractivity (Wildman–Crippen MR) is 175 cm³/mol. The zero-order valence-corrected chi connectivity index (χ0v) is 26.9. The number of nitrogens with zero attached hydrogens (tertiary/aromatic N) is 2. The highest BCUT2D eigenvalue weighted by molar-refractivity contribution is 7.92. The molecule has 0 heterocycles. The summed E-state index contributed by atoms with van der Waals surface area (Å²) in [5.41, 5.74) is 3.53. The number of nitrogens with one attached hydrogen (secondary N) is 1. The summed E-state index contributed by atoms with van der Waals surface area (Å²) in [6, 6.07) is 24.0. The third-order valence-corrected chi connectivity index (χ3v) is 9.40. The Bertz CT molecular complexity index is 1450. The van der Waals surface area contributed by atoms with E-state index in [1.54, 1.807) is 36.3 Å². The molecule has 1 aliphatic rings. The molecule has 3 aromatic rings. The summed E-state index contributed by atoms with van der Waals surface area (Å²) in [6.07, 6.45) is 7.19. The number of rotatable bonds is 14. The Balaban J connectivity index is 1.57. The predicted octanol–water partition coefficient (Wildman–Crippen LogP) is 5.64.